The van der Waals surface area contributed by atoms with E-state index in [0.29, 0.717) is 6.42 Å². The van der Waals surface area contributed by atoms with Crippen LogP contribution < -0.4 is 16.7 Å². The van der Waals surface area contributed by atoms with Gasteiger partial charge in [0.15, 0.2) is 0 Å². The molecule has 29 heavy (non-hydrogen) atoms. The van der Waals surface area contributed by atoms with E-state index in [9.17, 15) is 9.59 Å². The van der Waals surface area contributed by atoms with Gasteiger partial charge >= 0.3 is 0 Å². The fourth-order valence-electron chi connectivity index (χ4n) is 3.10. The van der Waals surface area contributed by atoms with Crippen molar-refractivity contribution in [2.45, 2.75) is 32.3 Å². The number of rotatable bonds is 6. The quantitative estimate of drug-likeness (QED) is 0.479. The summed E-state index contributed by atoms with van der Waals surface area (Å²) in [5, 5.41) is 11.2. The first kappa shape index (κ1) is 20.6. The number of carbonyl (C=O) groups is 1. The summed E-state index contributed by atoms with van der Waals surface area (Å²) in [4.78, 5) is 24.8. The van der Waals surface area contributed by atoms with Crippen LogP contribution in [0.2, 0.25) is 0 Å². The first-order chi connectivity index (χ1) is 13.8. The zero-order chi connectivity index (χ0) is 21.0. The van der Waals surface area contributed by atoms with Crippen molar-refractivity contribution < 1.29 is 4.79 Å². The maximum absolute atomic E-state index is 12.5. The van der Waals surface area contributed by atoms with E-state index in [0.717, 1.165) is 44.4 Å². The second-order valence-corrected chi connectivity index (χ2v) is 7.82. The molecule has 1 amide bonds. The summed E-state index contributed by atoms with van der Waals surface area (Å²) in [6.45, 7) is 5.93. The van der Waals surface area contributed by atoms with Crippen LogP contribution in [0.3, 0.4) is 0 Å². The van der Waals surface area contributed by atoms with Crippen LogP contribution in [-0.2, 0) is 11.2 Å². The Morgan fingerprint density at radius 1 is 1.10 bits per heavy atom. The minimum atomic E-state index is -0.419. The molecule has 0 atom stereocenters. The smallest absolute Gasteiger partial charge is 0.294 e. The van der Waals surface area contributed by atoms with Gasteiger partial charge in [0.05, 0.1) is 5.75 Å². The number of aromatic nitrogens is 3. The Labute approximate surface area is 173 Å². The van der Waals surface area contributed by atoms with Gasteiger partial charge in [-0.25, -0.2) is 0 Å². The standard InChI is InChI=1S/C21H23N5O2S/c1-13-9-14(2)19(15(3)10-13)23-18(27)12-29-21-25-24-17(20(28)26(21)22)11-16-7-5-4-6-8-16/h4-10H,11-12,22H2,1-3H3,(H,23,27). The second-order valence-electron chi connectivity index (χ2n) is 6.88. The third kappa shape index (κ3) is 5.03. The van der Waals surface area contributed by atoms with E-state index in [2.05, 4.69) is 15.5 Å². The Bertz CT molecular complexity index is 1070. The van der Waals surface area contributed by atoms with E-state index in [1.54, 1.807) is 0 Å². The molecule has 3 aromatic rings. The van der Waals surface area contributed by atoms with Crippen molar-refractivity contribution in [3.05, 3.63) is 80.8 Å². The van der Waals surface area contributed by atoms with Gasteiger partial charge in [0.25, 0.3) is 5.56 Å². The predicted octanol–water partition coefficient (Wildman–Crippen LogP) is 2.60. The summed E-state index contributed by atoms with van der Waals surface area (Å²) < 4.78 is 0.950. The van der Waals surface area contributed by atoms with Crippen molar-refractivity contribution >= 4 is 23.4 Å². The summed E-state index contributed by atoms with van der Waals surface area (Å²) in [5.74, 6) is 5.75. The Balaban J connectivity index is 1.67. The first-order valence-electron chi connectivity index (χ1n) is 9.13. The highest BCUT2D eigenvalue weighted by Gasteiger charge is 2.14. The number of thioether (sulfide) groups is 1. The van der Waals surface area contributed by atoms with Crippen molar-refractivity contribution in [1.82, 2.24) is 14.9 Å². The summed E-state index contributed by atoms with van der Waals surface area (Å²) in [6.07, 6.45) is 0.348. The molecule has 0 radical (unpaired) electrons. The average molecular weight is 410 g/mol. The lowest BCUT2D eigenvalue weighted by molar-refractivity contribution is -0.113. The lowest BCUT2D eigenvalue weighted by atomic mass is 10.1. The number of hydrogen-bond donors (Lipinski definition) is 2. The van der Waals surface area contributed by atoms with E-state index in [1.807, 2.05) is 63.2 Å². The fraction of sp³-hybridized carbons (Fsp3) is 0.238. The molecule has 0 aliphatic carbocycles. The number of nitrogens with zero attached hydrogens (tertiary/aromatic N) is 3. The number of nitrogens with one attached hydrogen (secondary N) is 1. The summed E-state index contributed by atoms with van der Waals surface area (Å²) in [5.41, 5.74) is 4.74. The highest BCUT2D eigenvalue weighted by Crippen LogP contribution is 2.22. The summed E-state index contributed by atoms with van der Waals surface area (Å²) in [6, 6.07) is 13.5. The van der Waals surface area contributed by atoms with Gasteiger partial charge in [-0.2, -0.15) is 4.68 Å². The molecule has 0 aliphatic rings. The molecule has 0 aliphatic heterocycles. The molecule has 0 saturated carbocycles. The van der Waals surface area contributed by atoms with Gasteiger partial charge in [0, 0.05) is 12.1 Å². The van der Waals surface area contributed by atoms with Crippen molar-refractivity contribution in [2.24, 2.45) is 0 Å². The van der Waals surface area contributed by atoms with Crippen LogP contribution in [0, 0.1) is 20.8 Å². The topological polar surface area (TPSA) is 103 Å². The van der Waals surface area contributed by atoms with Crippen LogP contribution in [0.15, 0.2) is 52.4 Å². The van der Waals surface area contributed by atoms with E-state index < -0.39 is 5.56 Å². The highest BCUT2D eigenvalue weighted by atomic mass is 32.2. The molecule has 0 unspecified atom stereocenters. The van der Waals surface area contributed by atoms with Gasteiger partial charge < -0.3 is 11.2 Å². The first-order valence-corrected chi connectivity index (χ1v) is 10.1. The monoisotopic (exact) mass is 409 g/mol. The SMILES string of the molecule is Cc1cc(C)c(NC(=O)CSc2nnc(Cc3ccccc3)c(=O)n2N)c(C)c1. The Hall–Kier alpha value is -3.13. The van der Waals surface area contributed by atoms with Crippen LogP contribution in [-0.4, -0.2) is 26.5 Å². The van der Waals surface area contributed by atoms with Crippen LogP contribution >= 0.6 is 11.8 Å². The second kappa shape index (κ2) is 8.91. The van der Waals surface area contributed by atoms with Gasteiger partial charge in [-0.05, 0) is 37.5 Å². The number of nitrogens with two attached hydrogens (primary N) is 1. The molecule has 150 valence electrons. The Morgan fingerprint density at radius 3 is 2.41 bits per heavy atom. The van der Waals surface area contributed by atoms with E-state index in [1.165, 1.54) is 0 Å². The molecule has 0 bridgehead atoms. The molecule has 2 aromatic carbocycles. The van der Waals surface area contributed by atoms with Crippen LogP contribution in [0.5, 0.6) is 0 Å². The number of amides is 1. The lowest BCUT2D eigenvalue weighted by Gasteiger charge is -2.13. The minimum absolute atomic E-state index is 0.0656. The summed E-state index contributed by atoms with van der Waals surface area (Å²) in [7, 11) is 0. The van der Waals surface area contributed by atoms with E-state index in [-0.39, 0.29) is 22.5 Å². The molecule has 0 spiro atoms. The molecule has 3 N–H and O–H groups in total. The van der Waals surface area contributed by atoms with Crippen LogP contribution in [0.4, 0.5) is 5.69 Å². The van der Waals surface area contributed by atoms with Crippen molar-refractivity contribution in [3.63, 3.8) is 0 Å². The zero-order valence-electron chi connectivity index (χ0n) is 16.6. The number of nitrogen functional groups attached to an aromatic ring is 1. The molecule has 3 rings (SSSR count). The molecule has 8 heteroatoms. The van der Waals surface area contributed by atoms with Crippen LogP contribution in [0.1, 0.15) is 27.9 Å². The molecular weight excluding hydrogens is 386 g/mol. The molecule has 0 saturated heterocycles. The van der Waals surface area contributed by atoms with E-state index >= 15 is 0 Å². The largest absolute Gasteiger partial charge is 0.334 e. The van der Waals surface area contributed by atoms with Gasteiger partial charge in [0.2, 0.25) is 11.1 Å². The molecule has 7 nitrogen and oxygen atoms in total. The van der Waals surface area contributed by atoms with Gasteiger partial charge in [-0.1, -0.05) is 59.8 Å². The maximum Gasteiger partial charge on any atom is 0.294 e. The number of hydrogen-bond acceptors (Lipinski definition) is 6. The molecule has 1 aromatic heterocycles. The maximum atomic E-state index is 12.5. The Morgan fingerprint density at radius 2 is 1.76 bits per heavy atom. The fourth-order valence-corrected chi connectivity index (χ4v) is 3.75. The van der Waals surface area contributed by atoms with Crippen LogP contribution in [0.25, 0.3) is 0 Å². The number of carbonyl (C=O) groups excluding carboxylic acids is 1. The lowest BCUT2D eigenvalue weighted by Crippen LogP contribution is -2.34. The molecule has 0 fully saturated rings. The van der Waals surface area contributed by atoms with E-state index in [4.69, 9.17) is 5.84 Å². The van der Waals surface area contributed by atoms with Gasteiger partial charge in [-0.3, -0.25) is 9.59 Å². The molecular formula is C21H23N5O2S. The summed E-state index contributed by atoms with van der Waals surface area (Å²) >= 11 is 1.07. The van der Waals surface area contributed by atoms with Crippen molar-refractivity contribution in [2.75, 3.05) is 16.9 Å². The highest BCUT2D eigenvalue weighted by molar-refractivity contribution is 7.99. The Kier molecular flexibility index (Phi) is 6.33. The predicted molar refractivity (Wildman–Crippen MR) is 116 cm³/mol. The van der Waals surface area contributed by atoms with Crippen molar-refractivity contribution in [3.8, 4) is 0 Å². The number of aryl methyl sites for hydroxylation is 3. The van der Waals surface area contributed by atoms with Gasteiger partial charge in [-0.15, -0.1) is 10.2 Å². The number of benzene rings is 2. The third-order valence-electron chi connectivity index (χ3n) is 4.42. The normalized spacial score (nSPS) is 10.7. The third-order valence-corrected chi connectivity index (χ3v) is 5.36. The minimum Gasteiger partial charge on any atom is -0.334 e. The zero-order valence-corrected chi connectivity index (χ0v) is 17.4. The number of anilines is 1. The van der Waals surface area contributed by atoms with Crippen molar-refractivity contribution in [1.29, 1.82) is 0 Å². The molecule has 1 heterocycles. The van der Waals surface area contributed by atoms with Gasteiger partial charge in [0.1, 0.15) is 5.69 Å². The average Bonchev–Trinajstić information content (AvgIpc) is 2.68.